The maximum Gasteiger partial charge on any atom is 0.303 e. The Balaban J connectivity index is 2.42. The number of hydrogen-bond acceptors (Lipinski definition) is 3. The SMILES string of the molecule is Cc1cccc(CN(C)C(=O)CCCC(=O)O)n1. The molecule has 0 fully saturated rings. The number of carboxylic acid groups (broad SMARTS) is 1. The van der Waals surface area contributed by atoms with Crippen molar-refractivity contribution < 1.29 is 14.7 Å². The van der Waals surface area contributed by atoms with E-state index in [1.807, 2.05) is 25.1 Å². The molecule has 0 spiro atoms. The van der Waals surface area contributed by atoms with Crippen LogP contribution in [0.3, 0.4) is 0 Å². The van der Waals surface area contributed by atoms with Gasteiger partial charge in [0.05, 0.1) is 12.2 Å². The summed E-state index contributed by atoms with van der Waals surface area (Å²) in [5.74, 6) is -0.926. The van der Waals surface area contributed by atoms with E-state index in [-0.39, 0.29) is 18.7 Å². The van der Waals surface area contributed by atoms with Crippen LogP contribution in [-0.4, -0.2) is 33.9 Å². The first-order valence-corrected chi connectivity index (χ1v) is 5.87. The topological polar surface area (TPSA) is 70.5 Å². The number of aryl methyl sites for hydroxylation is 1. The predicted octanol–water partition coefficient (Wildman–Crippen LogP) is 1.60. The Labute approximate surface area is 106 Å². The van der Waals surface area contributed by atoms with Crippen LogP contribution < -0.4 is 0 Å². The zero-order valence-electron chi connectivity index (χ0n) is 10.7. The average Bonchev–Trinajstić information content (AvgIpc) is 2.28. The smallest absolute Gasteiger partial charge is 0.303 e. The molecule has 0 saturated heterocycles. The lowest BCUT2D eigenvalue weighted by atomic mass is 10.2. The third-order valence-electron chi connectivity index (χ3n) is 2.55. The molecule has 1 amide bonds. The highest BCUT2D eigenvalue weighted by Crippen LogP contribution is 2.05. The maximum atomic E-state index is 11.7. The third-order valence-corrected chi connectivity index (χ3v) is 2.55. The van der Waals surface area contributed by atoms with Crippen LogP contribution in [0.15, 0.2) is 18.2 Å². The van der Waals surface area contributed by atoms with Gasteiger partial charge in [-0.05, 0) is 25.5 Å². The van der Waals surface area contributed by atoms with E-state index in [1.165, 1.54) is 0 Å². The second kappa shape index (κ2) is 6.74. The number of nitrogens with zero attached hydrogens (tertiary/aromatic N) is 2. The van der Waals surface area contributed by atoms with Gasteiger partial charge in [-0.25, -0.2) is 0 Å². The van der Waals surface area contributed by atoms with E-state index < -0.39 is 5.97 Å². The van der Waals surface area contributed by atoms with E-state index in [9.17, 15) is 9.59 Å². The number of rotatable bonds is 6. The van der Waals surface area contributed by atoms with Gasteiger partial charge >= 0.3 is 5.97 Å². The Morgan fingerprint density at radius 3 is 2.67 bits per heavy atom. The molecule has 5 heteroatoms. The van der Waals surface area contributed by atoms with E-state index in [1.54, 1.807) is 11.9 Å². The molecule has 0 aliphatic carbocycles. The van der Waals surface area contributed by atoms with Crippen molar-refractivity contribution in [1.29, 1.82) is 0 Å². The lowest BCUT2D eigenvalue weighted by Crippen LogP contribution is -2.26. The molecule has 1 heterocycles. The third kappa shape index (κ3) is 4.95. The molecule has 0 atom stereocenters. The van der Waals surface area contributed by atoms with Crippen molar-refractivity contribution in [2.45, 2.75) is 32.7 Å². The number of amides is 1. The number of carbonyl (C=O) groups excluding carboxylic acids is 1. The molecule has 0 radical (unpaired) electrons. The van der Waals surface area contributed by atoms with Crippen LogP contribution in [0.1, 0.15) is 30.7 Å². The van der Waals surface area contributed by atoms with Gasteiger partial charge < -0.3 is 10.0 Å². The molecule has 0 unspecified atom stereocenters. The number of hydrogen-bond donors (Lipinski definition) is 1. The number of aliphatic carboxylic acids is 1. The van der Waals surface area contributed by atoms with Gasteiger partial charge in [0.25, 0.3) is 0 Å². The van der Waals surface area contributed by atoms with Gasteiger partial charge in [-0.3, -0.25) is 14.6 Å². The van der Waals surface area contributed by atoms with Crippen molar-refractivity contribution in [2.75, 3.05) is 7.05 Å². The van der Waals surface area contributed by atoms with Gasteiger partial charge in [-0.1, -0.05) is 6.07 Å². The monoisotopic (exact) mass is 250 g/mol. The highest BCUT2D eigenvalue weighted by atomic mass is 16.4. The van der Waals surface area contributed by atoms with Gasteiger partial charge in [0, 0.05) is 25.6 Å². The normalized spacial score (nSPS) is 10.1. The molecule has 98 valence electrons. The minimum Gasteiger partial charge on any atom is -0.481 e. The van der Waals surface area contributed by atoms with Gasteiger partial charge in [-0.15, -0.1) is 0 Å². The summed E-state index contributed by atoms with van der Waals surface area (Å²) >= 11 is 0. The number of aromatic nitrogens is 1. The van der Waals surface area contributed by atoms with E-state index in [0.717, 1.165) is 11.4 Å². The van der Waals surface area contributed by atoms with Crippen LogP contribution in [0.4, 0.5) is 0 Å². The van der Waals surface area contributed by atoms with Gasteiger partial charge in [-0.2, -0.15) is 0 Å². The van der Waals surface area contributed by atoms with Gasteiger partial charge in [0.2, 0.25) is 5.91 Å². The van der Waals surface area contributed by atoms with Crippen LogP contribution >= 0.6 is 0 Å². The van der Waals surface area contributed by atoms with Crippen molar-refractivity contribution in [2.24, 2.45) is 0 Å². The Hall–Kier alpha value is -1.91. The van der Waals surface area contributed by atoms with Crippen LogP contribution in [-0.2, 0) is 16.1 Å². The summed E-state index contributed by atoms with van der Waals surface area (Å²) in [6.45, 7) is 2.35. The zero-order chi connectivity index (χ0) is 13.5. The first-order chi connectivity index (χ1) is 8.49. The second-order valence-electron chi connectivity index (χ2n) is 4.27. The Morgan fingerprint density at radius 2 is 2.06 bits per heavy atom. The first-order valence-electron chi connectivity index (χ1n) is 5.87. The Bertz CT molecular complexity index is 432. The van der Waals surface area contributed by atoms with Crippen LogP contribution in [0.5, 0.6) is 0 Å². The van der Waals surface area contributed by atoms with Crippen LogP contribution in [0.25, 0.3) is 0 Å². The molecule has 1 aromatic rings. The molecule has 0 aromatic carbocycles. The van der Waals surface area contributed by atoms with Crippen LogP contribution in [0, 0.1) is 6.92 Å². The van der Waals surface area contributed by atoms with E-state index in [0.29, 0.717) is 13.0 Å². The Kier molecular flexibility index (Phi) is 5.30. The molecule has 18 heavy (non-hydrogen) atoms. The maximum absolute atomic E-state index is 11.7. The molecule has 0 bridgehead atoms. The molecule has 1 aromatic heterocycles. The number of carbonyl (C=O) groups is 2. The average molecular weight is 250 g/mol. The summed E-state index contributed by atoms with van der Waals surface area (Å²) in [5.41, 5.74) is 1.75. The summed E-state index contributed by atoms with van der Waals surface area (Å²) in [4.78, 5) is 28.0. The van der Waals surface area contributed by atoms with Crippen molar-refractivity contribution in [3.8, 4) is 0 Å². The standard InChI is InChI=1S/C13H18N2O3/c1-10-5-3-6-11(14-10)9-15(2)12(16)7-4-8-13(17)18/h3,5-6H,4,7-9H2,1-2H3,(H,17,18). The summed E-state index contributed by atoms with van der Waals surface area (Å²) < 4.78 is 0. The minimum atomic E-state index is -0.870. The quantitative estimate of drug-likeness (QED) is 0.832. The number of pyridine rings is 1. The summed E-state index contributed by atoms with van der Waals surface area (Å²) in [7, 11) is 1.70. The fourth-order valence-corrected chi connectivity index (χ4v) is 1.60. The molecular weight excluding hydrogens is 232 g/mol. The van der Waals surface area contributed by atoms with Crippen molar-refractivity contribution in [1.82, 2.24) is 9.88 Å². The largest absolute Gasteiger partial charge is 0.481 e. The fourth-order valence-electron chi connectivity index (χ4n) is 1.60. The molecule has 0 aliphatic heterocycles. The van der Waals surface area contributed by atoms with Gasteiger partial charge in [0.1, 0.15) is 0 Å². The summed E-state index contributed by atoms with van der Waals surface area (Å²) in [6.07, 6.45) is 0.663. The Morgan fingerprint density at radius 1 is 1.33 bits per heavy atom. The van der Waals surface area contributed by atoms with Crippen molar-refractivity contribution in [3.05, 3.63) is 29.6 Å². The van der Waals surface area contributed by atoms with Crippen LogP contribution in [0.2, 0.25) is 0 Å². The zero-order valence-corrected chi connectivity index (χ0v) is 10.7. The molecule has 1 N–H and O–H groups in total. The molecule has 5 nitrogen and oxygen atoms in total. The second-order valence-corrected chi connectivity index (χ2v) is 4.27. The van der Waals surface area contributed by atoms with E-state index in [2.05, 4.69) is 4.98 Å². The van der Waals surface area contributed by atoms with Crippen molar-refractivity contribution >= 4 is 11.9 Å². The van der Waals surface area contributed by atoms with Gasteiger partial charge in [0.15, 0.2) is 0 Å². The molecule has 0 aliphatic rings. The fraction of sp³-hybridized carbons (Fsp3) is 0.462. The highest BCUT2D eigenvalue weighted by molar-refractivity contribution is 5.76. The predicted molar refractivity (Wildman–Crippen MR) is 66.9 cm³/mol. The van der Waals surface area contributed by atoms with Crippen molar-refractivity contribution in [3.63, 3.8) is 0 Å². The lowest BCUT2D eigenvalue weighted by Gasteiger charge is -2.16. The summed E-state index contributed by atoms with van der Waals surface area (Å²) in [5, 5.41) is 8.50. The molecular formula is C13H18N2O3. The molecule has 1 rings (SSSR count). The molecule has 0 saturated carbocycles. The summed E-state index contributed by atoms with van der Waals surface area (Å²) in [6, 6.07) is 5.67. The van der Waals surface area contributed by atoms with E-state index in [4.69, 9.17) is 5.11 Å². The lowest BCUT2D eigenvalue weighted by molar-refractivity contribution is -0.137. The van der Waals surface area contributed by atoms with E-state index >= 15 is 0 Å². The highest BCUT2D eigenvalue weighted by Gasteiger charge is 2.10. The minimum absolute atomic E-state index is 0.0300. The first kappa shape index (κ1) is 14.2. The number of carboxylic acids is 1.